The van der Waals surface area contributed by atoms with Gasteiger partial charge in [0, 0.05) is 23.7 Å². The van der Waals surface area contributed by atoms with Crippen LogP contribution >= 0.6 is 11.8 Å². The van der Waals surface area contributed by atoms with E-state index >= 15 is 0 Å². The molecule has 1 nitrogen and oxygen atoms in total. The molecule has 0 aromatic rings. The molecule has 1 aliphatic rings. The van der Waals surface area contributed by atoms with E-state index in [0.717, 1.165) is 18.0 Å². The van der Waals surface area contributed by atoms with Crippen LogP contribution in [0.15, 0.2) is 0 Å². The van der Waals surface area contributed by atoms with Crippen LogP contribution in [-0.4, -0.2) is 28.6 Å². The van der Waals surface area contributed by atoms with E-state index in [4.69, 9.17) is 0 Å². The van der Waals surface area contributed by atoms with E-state index in [-0.39, 0.29) is 0 Å². The molecule has 0 N–H and O–H groups in total. The molecule has 1 heterocycles. The minimum Gasteiger partial charge on any atom is -0.288 e. The summed E-state index contributed by atoms with van der Waals surface area (Å²) in [7, 11) is 0. The first-order valence-corrected chi connectivity index (χ1v) is 5.62. The van der Waals surface area contributed by atoms with E-state index in [1.54, 1.807) is 0 Å². The number of rotatable bonds is 2. The largest absolute Gasteiger partial charge is 0.288 e. The summed E-state index contributed by atoms with van der Waals surface area (Å²) in [6.07, 6.45) is 0. The van der Waals surface area contributed by atoms with Gasteiger partial charge < -0.3 is 0 Å². The van der Waals surface area contributed by atoms with Crippen molar-refractivity contribution in [2.24, 2.45) is 5.92 Å². The van der Waals surface area contributed by atoms with Crippen LogP contribution in [0, 0.1) is 5.92 Å². The molecule has 0 amide bonds. The number of hydrogen-bond acceptors (Lipinski definition) is 2. The van der Waals surface area contributed by atoms with Crippen molar-refractivity contribution in [3.63, 3.8) is 0 Å². The lowest BCUT2D eigenvalue weighted by Gasteiger charge is -2.29. The smallest absolute Gasteiger partial charge is 0.0450 e. The Balaban J connectivity index is 2.51. The van der Waals surface area contributed by atoms with Gasteiger partial charge in [-0.15, -0.1) is 11.8 Å². The number of thioether (sulfide) groups is 1. The first-order chi connectivity index (χ1) is 5.13. The Kier molecular flexibility index (Phi) is 3.26. The third-order valence-corrected chi connectivity index (χ3v) is 3.45. The predicted octanol–water partition coefficient (Wildman–Crippen LogP) is 2.43. The standard InChI is InChI=1S/C9H19NS/c1-7(2)9-5-11-6-10(9)8(3)4/h7-9H,5-6H2,1-4H3. The maximum Gasteiger partial charge on any atom is 0.0450 e. The van der Waals surface area contributed by atoms with E-state index in [1.165, 1.54) is 11.6 Å². The zero-order valence-electron chi connectivity index (χ0n) is 8.00. The van der Waals surface area contributed by atoms with Crippen molar-refractivity contribution >= 4 is 11.8 Å². The second-order valence-corrected chi connectivity index (χ2v) is 4.92. The fourth-order valence-electron chi connectivity index (χ4n) is 1.58. The highest BCUT2D eigenvalue weighted by Crippen LogP contribution is 2.27. The topological polar surface area (TPSA) is 3.24 Å². The summed E-state index contributed by atoms with van der Waals surface area (Å²) in [5.41, 5.74) is 0. The highest BCUT2D eigenvalue weighted by Gasteiger charge is 2.28. The average molecular weight is 173 g/mol. The molecule has 0 aliphatic carbocycles. The summed E-state index contributed by atoms with van der Waals surface area (Å²) in [4.78, 5) is 2.61. The molecule has 1 rings (SSSR count). The maximum absolute atomic E-state index is 2.61. The lowest BCUT2D eigenvalue weighted by molar-refractivity contribution is 0.175. The second kappa shape index (κ2) is 3.81. The molecule has 0 spiro atoms. The Labute approximate surface area is 74.5 Å². The highest BCUT2D eigenvalue weighted by atomic mass is 32.2. The van der Waals surface area contributed by atoms with E-state index < -0.39 is 0 Å². The summed E-state index contributed by atoms with van der Waals surface area (Å²) >= 11 is 2.07. The number of hydrogen-bond donors (Lipinski definition) is 0. The first kappa shape index (κ1) is 9.40. The quantitative estimate of drug-likeness (QED) is 0.631. The van der Waals surface area contributed by atoms with Crippen LogP contribution in [0.1, 0.15) is 27.7 Å². The van der Waals surface area contributed by atoms with Crippen molar-refractivity contribution in [2.75, 3.05) is 11.6 Å². The summed E-state index contributed by atoms with van der Waals surface area (Å²) < 4.78 is 0. The van der Waals surface area contributed by atoms with Crippen molar-refractivity contribution in [1.29, 1.82) is 0 Å². The molecule has 66 valence electrons. The molecule has 1 fully saturated rings. The van der Waals surface area contributed by atoms with Crippen LogP contribution in [-0.2, 0) is 0 Å². The molecule has 0 aromatic heterocycles. The molecular formula is C9H19NS. The van der Waals surface area contributed by atoms with Gasteiger partial charge in [0.25, 0.3) is 0 Å². The first-order valence-electron chi connectivity index (χ1n) is 4.46. The van der Waals surface area contributed by atoms with Crippen LogP contribution in [0.4, 0.5) is 0 Å². The van der Waals surface area contributed by atoms with Crippen molar-refractivity contribution in [3.05, 3.63) is 0 Å². The molecule has 11 heavy (non-hydrogen) atoms. The Morgan fingerprint density at radius 2 is 1.91 bits per heavy atom. The van der Waals surface area contributed by atoms with Gasteiger partial charge >= 0.3 is 0 Å². The van der Waals surface area contributed by atoms with Crippen LogP contribution in [0.2, 0.25) is 0 Å². The SMILES string of the molecule is CC(C)C1CSCN1C(C)C. The molecule has 0 bridgehead atoms. The van der Waals surface area contributed by atoms with Gasteiger partial charge in [0.2, 0.25) is 0 Å². The van der Waals surface area contributed by atoms with Gasteiger partial charge in [-0.25, -0.2) is 0 Å². The summed E-state index contributed by atoms with van der Waals surface area (Å²) in [6, 6.07) is 1.54. The Morgan fingerprint density at radius 3 is 2.27 bits per heavy atom. The van der Waals surface area contributed by atoms with Crippen molar-refractivity contribution in [3.8, 4) is 0 Å². The second-order valence-electron chi connectivity index (χ2n) is 3.92. The van der Waals surface area contributed by atoms with Gasteiger partial charge in [-0.1, -0.05) is 13.8 Å². The van der Waals surface area contributed by atoms with Gasteiger partial charge in [-0.3, -0.25) is 4.90 Å². The fourth-order valence-corrected chi connectivity index (χ4v) is 3.20. The van der Waals surface area contributed by atoms with E-state index in [0.29, 0.717) is 0 Å². The van der Waals surface area contributed by atoms with Crippen LogP contribution < -0.4 is 0 Å². The normalized spacial score (nSPS) is 27.3. The third kappa shape index (κ3) is 2.12. The lowest BCUT2D eigenvalue weighted by atomic mass is 10.0. The van der Waals surface area contributed by atoms with E-state index in [9.17, 15) is 0 Å². The predicted molar refractivity (Wildman–Crippen MR) is 52.9 cm³/mol. The monoisotopic (exact) mass is 173 g/mol. The molecule has 2 heteroatoms. The minimum absolute atomic E-state index is 0.720. The fraction of sp³-hybridized carbons (Fsp3) is 1.00. The van der Waals surface area contributed by atoms with Gasteiger partial charge in [0.05, 0.1) is 0 Å². The van der Waals surface area contributed by atoms with E-state index in [1.807, 2.05) is 0 Å². The Hall–Kier alpha value is 0.310. The van der Waals surface area contributed by atoms with Crippen molar-refractivity contribution in [2.45, 2.75) is 39.8 Å². The van der Waals surface area contributed by atoms with Gasteiger partial charge in [-0.2, -0.15) is 0 Å². The van der Waals surface area contributed by atoms with Crippen LogP contribution in [0.5, 0.6) is 0 Å². The molecular weight excluding hydrogens is 154 g/mol. The summed E-state index contributed by atoms with van der Waals surface area (Å²) in [5.74, 6) is 3.38. The molecule has 1 atom stereocenters. The molecule has 0 saturated carbocycles. The molecule has 1 aliphatic heterocycles. The average Bonchev–Trinajstić information content (AvgIpc) is 2.32. The van der Waals surface area contributed by atoms with Crippen LogP contribution in [0.3, 0.4) is 0 Å². The highest BCUT2D eigenvalue weighted by molar-refractivity contribution is 7.99. The van der Waals surface area contributed by atoms with Crippen LogP contribution in [0.25, 0.3) is 0 Å². The Morgan fingerprint density at radius 1 is 1.27 bits per heavy atom. The van der Waals surface area contributed by atoms with Gasteiger partial charge in [0.1, 0.15) is 0 Å². The van der Waals surface area contributed by atoms with Crippen molar-refractivity contribution < 1.29 is 0 Å². The summed E-state index contributed by atoms with van der Waals surface area (Å²) in [6.45, 7) is 9.24. The van der Waals surface area contributed by atoms with Crippen molar-refractivity contribution in [1.82, 2.24) is 4.90 Å². The van der Waals surface area contributed by atoms with Gasteiger partial charge in [-0.05, 0) is 19.8 Å². The van der Waals surface area contributed by atoms with Gasteiger partial charge in [0.15, 0.2) is 0 Å². The number of nitrogens with zero attached hydrogens (tertiary/aromatic N) is 1. The van der Waals surface area contributed by atoms with E-state index in [2.05, 4.69) is 44.4 Å². The molecule has 1 unspecified atom stereocenters. The Bertz CT molecular complexity index is 109. The molecule has 1 saturated heterocycles. The summed E-state index contributed by atoms with van der Waals surface area (Å²) in [5, 5.41) is 0. The maximum atomic E-state index is 2.61. The zero-order valence-corrected chi connectivity index (χ0v) is 8.82. The third-order valence-electron chi connectivity index (χ3n) is 2.39. The zero-order chi connectivity index (χ0) is 8.43. The minimum atomic E-state index is 0.720. The lowest BCUT2D eigenvalue weighted by Crippen LogP contribution is -2.39. The molecule has 0 aromatic carbocycles. The molecule has 0 radical (unpaired) electrons.